The topological polar surface area (TPSA) is 81.2 Å². The van der Waals surface area contributed by atoms with Crippen LogP contribution in [0.5, 0.6) is 0 Å². The van der Waals surface area contributed by atoms with Crippen LogP contribution in [0.1, 0.15) is 24.0 Å². The van der Waals surface area contributed by atoms with Gasteiger partial charge in [0, 0.05) is 30.6 Å². The van der Waals surface area contributed by atoms with Gasteiger partial charge in [0.05, 0.1) is 29.2 Å². The summed E-state index contributed by atoms with van der Waals surface area (Å²) in [6.07, 6.45) is 5.20. The van der Waals surface area contributed by atoms with E-state index in [2.05, 4.69) is 13.2 Å². The first-order valence-electron chi connectivity index (χ1n) is 16.0. The van der Waals surface area contributed by atoms with Crippen LogP contribution < -0.4 is 4.90 Å². The van der Waals surface area contributed by atoms with Crippen LogP contribution in [0.3, 0.4) is 0 Å². The Morgan fingerprint density at radius 2 is 1.52 bits per heavy atom. The number of rotatable bonds is 13. The van der Waals surface area contributed by atoms with Crippen molar-refractivity contribution in [2.75, 3.05) is 24.6 Å². The molecule has 3 aliphatic rings. The summed E-state index contributed by atoms with van der Waals surface area (Å²) >= 11 is 1.65. The molecular weight excluding hydrogens is 595 g/mol. The number of aliphatic hydroxyl groups is 1. The molecular formula is C38H41N3O4S. The van der Waals surface area contributed by atoms with Crippen molar-refractivity contribution in [1.82, 2.24) is 9.80 Å². The van der Waals surface area contributed by atoms with Crippen LogP contribution in [0, 0.1) is 11.8 Å². The van der Waals surface area contributed by atoms with Gasteiger partial charge in [-0.15, -0.1) is 24.9 Å². The van der Waals surface area contributed by atoms with Crippen molar-refractivity contribution in [1.29, 1.82) is 0 Å². The van der Waals surface area contributed by atoms with Crippen LogP contribution in [0.15, 0.2) is 116 Å². The first-order chi connectivity index (χ1) is 22.4. The van der Waals surface area contributed by atoms with E-state index in [1.165, 1.54) is 0 Å². The van der Waals surface area contributed by atoms with Gasteiger partial charge in [0.1, 0.15) is 6.04 Å². The van der Waals surface area contributed by atoms with Gasteiger partial charge >= 0.3 is 0 Å². The molecule has 2 unspecified atom stereocenters. The van der Waals surface area contributed by atoms with Crippen molar-refractivity contribution in [2.45, 2.75) is 47.9 Å². The number of nitrogens with zero attached hydrogens (tertiary/aromatic N) is 3. The SMILES string of the molecule is C=CCN(Cc1ccccc1)C(=O)C1N([C@@H](CO)Cc2ccccc2)C(=O)[C@@H]2[C@@H](C(=O)N(CC=C)c3ccccc3)[C@H]3CCC12S3. The highest BCUT2D eigenvalue weighted by atomic mass is 32.2. The monoisotopic (exact) mass is 635 g/mol. The number of anilines is 1. The van der Waals surface area contributed by atoms with Crippen LogP contribution in [-0.2, 0) is 27.3 Å². The molecule has 238 valence electrons. The molecule has 3 heterocycles. The highest BCUT2D eigenvalue weighted by Gasteiger charge is 2.74. The molecule has 1 N–H and O–H groups in total. The van der Waals surface area contributed by atoms with Crippen LogP contribution in [-0.4, -0.2) is 74.4 Å². The Kier molecular flexibility index (Phi) is 9.47. The lowest BCUT2D eigenvalue weighted by atomic mass is 9.70. The Morgan fingerprint density at radius 1 is 0.913 bits per heavy atom. The molecule has 0 radical (unpaired) electrons. The fraction of sp³-hybridized carbons (Fsp3) is 0.342. The minimum Gasteiger partial charge on any atom is -0.394 e. The molecule has 6 atom stereocenters. The molecule has 3 amide bonds. The van der Waals surface area contributed by atoms with Crippen LogP contribution in [0.25, 0.3) is 0 Å². The molecule has 7 nitrogen and oxygen atoms in total. The number of aliphatic hydroxyl groups excluding tert-OH is 1. The van der Waals surface area contributed by atoms with E-state index in [1.807, 2.05) is 91.0 Å². The van der Waals surface area contributed by atoms with Crippen molar-refractivity contribution >= 4 is 35.2 Å². The van der Waals surface area contributed by atoms with Crippen molar-refractivity contribution in [3.63, 3.8) is 0 Å². The smallest absolute Gasteiger partial charge is 0.247 e. The number of benzene rings is 3. The van der Waals surface area contributed by atoms with Gasteiger partial charge < -0.3 is 19.8 Å². The zero-order valence-corrected chi connectivity index (χ0v) is 26.8. The summed E-state index contributed by atoms with van der Waals surface area (Å²) in [4.78, 5) is 49.5. The normalized spacial score (nSPS) is 25.2. The number of likely N-dealkylation sites (tertiary alicyclic amines) is 1. The van der Waals surface area contributed by atoms with Crippen molar-refractivity contribution in [3.05, 3.63) is 127 Å². The Bertz CT molecular complexity index is 1570. The average Bonchev–Trinajstić information content (AvgIpc) is 3.74. The lowest BCUT2D eigenvalue weighted by Crippen LogP contribution is -2.57. The molecule has 0 aromatic heterocycles. The van der Waals surface area contributed by atoms with E-state index in [0.717, 1.165) is 23.2 Å². The van der Waals surface area contributed by atoms with Gasteiger partial charge in [0.2, 0.25) is 17.7 Å². The van der Waals surface area contributed by atoms with E-state index in [-0.39, 0.29) is 29.6 Å². The minimum absolute atomic E-state index is 0.0846. The van der Waals surface area contributed by atoms with Gasteiger partial charge in [-0.05, 0) is 42.5 Å². The lowest BCUT2D eigenvalue weighted by Gasteiger charge is -2.39. The van der Waals surface area contributed by atoms with Crippen molar-refractivity contribution < 1.29 is 19.5 Å². The summed E-state index contributed by atoms with van der Waals surface area (Å²) in [7, 11) is 0. The second kappa shape index (κ2) is 13.7. The molecule has 46 heavy (non-hydrogen) atoms. The molecule has 1 spiro atoms. The number of carbonyl (C=O) groups excluding carboxylic acids is 3. The maximum atomic E-state index is 14.9. The van der Waals surface area contributed by atoms with E-state index < -0.39 is 28.7 Å². The van der Waals surface area contributed by atoms with Crippen molar-refractivity contribution in [2.24, 2.45) is 11.8 Å². The minimum atomic E-state index is -0.827. The predicted molar refractivity (Wildman–Crippen MR) is 183 cm³/mol. The summed E-state index contributed by atoms with van der Waals surface area (Å²) in [5.74, 6) is -1.78. The van der Waals surface area contributed by atoms with E-state index in [1.54, 1.807) is 38.6 Å². The fourth-order valence-electron chi connectivity index (χ4n) is 7.79. The molecule has 6 rings (SSSR count). The number of amides is 3. The van der Waals surface area contributed by atoms with Gasteiger partial charge in [-0.1, -0.05) is 91.0 Å². The molecule has 3 saturated heterocycles. The summed E-state index contributed by atoms with van der Waals surface area (Å²) in [6, 6.07) is 27.6. The second-order valence-electron chi connectivity index (χ2n) is 12.4. The maximum Gasteiger partial charge on any atom is 0.247 e. The predicted octanol–water partition coefficient (Wildman–Crippen LogP) is 5.12. The molecule has 0 saturated carbocycles. The largest absolute Gasteiger partial charge is 0.394 e. The van der Waals surface area contributed by atoms with Crippen molar-refractivity contribution in [3.8, 4) is 0 Å². The van der Waals surface area contributed by atoms with Crippen LogP contribution >= 0.6 is 11.8 Å². The number of carbonyl (C=O) groups is 3. The van der Waals surface area contributed by atoms with Crippen LogP contribution in [0.4, 0.5) is 5.69 Å². The van der Waals surface area contributed by atoms with Gasteiger partial charge in [0.15, 0.2) is 0 Å². The molecule has 3 aromatic rings. The highest BCUT2D eigenvalue weighted by molar-refractivity contribution is 8.02. The molecule has 2 bridgehead atoms. The average molecular weight is 636 g/mol. The Morgan fingerprint density at radius 3 is 2.13 bits per heavy atom. The highest BCUT2D eigenvalue weighted by Crippen LogP contribution is 2.67. The fourth-order valence-corrected chi connectivity index (χ4v) is 9.98. The van der Waals surface area contributed by atoms with Crippen LogP contribution in [0.2, 0.25) is 0 Å². The zero-order valence-electron chi connectivity index (χ0n) is 26.0. The van der Waals surface area contributed by atoms with E-state index in [9.17, 15) is 19.5 Å². The second-order valence-corrected chi connectivity index (χ2v) is 14.0. The lowest BCUT2D eigenvalue weighted by molar-refractivity contribution is -0.145. The standard InChI is InChI=1S/C38H41N3O4S/c1-3-22-39(25-28-16-10-6-11-17-28)37(45)34-38-21-20-31(46-38)32(35(43)40(23-4-2)29-18-12-7-13-19-29)33(38)36(44)41(34)30(26-42)24-27-14-8-5-9-15-27/h3-19,30-34,42H,1-2,20-26H2/t30-,31-,32+,33+,34?,38?/m1/s1. The van der Waals surface area contributed by atoms with Gasteiger partial charge in [-0.3, -0.25) is 14.4 Å². The number of fused-ring (bicyclic) bond motifs is 1. The number of hydrogen-bond donors (Lipinski definition) is 1. The summed E-state index contributed by atoms with van der Waals surface area (Å²) in [6.45, 7) is 8.52. The van der Waals surface area contributed by atoms with Gasteiger partial charge in [0.25, 0.3) is 0 Å². The number of hydrogen-bond acceptors (Lipinski definition) is 5. The van der Waals surface area contributed by atoms with Gasteiger partial charge in [-0.25, -0.2) is 0 Å². The summed E-state index contributed by atoms with van der Waals surface area (Å²) in [5, 5.41) is 10.7. The number of para-hydroxylation sites is 1. The molecule has 3 aromatic carbocycles. The Labute approximate surface area is 275 Å². The van der Waals surface area contributed by atoms with E-state index >= 15 is 0 Å². The van der Waals surface area contributed by atoms with E-state index in [4.69, 9.17) is 0 Å². The molecule has 0 aliphatic carbocycles. The van der Waals surface area contributed by atoms with Gasteiger partial charge in [-0.2, -0.15) is 0 Å². The molecule has 3 fully saturated rings. The molecule has 8 heteroatoms. The third kappa shape index (κ3) is 5.69. The number of thioether (sulfide) groups is 1. The molecule has 3 aliphatic heterocycles. The first kappa shape index (κ1) is 31.8. The third-order valence-corrected chi connectivity index (χ3v) is 11.7. The quantitative estimate of drug-likeness (QED) is 0.264. The third-order valence-electron chi connectivity index (χ3n) is 9.70. The Hall–Kier alpha value is -4.14. The first-order valence-corrected chi connectivity index (χ1v) is 16.9. The van der Waals surface area contributed by atoms with E-state index in [0.29, 0.717) is 32.5 Å². The zero-order chi connectivity index (χ0) is 32.3. The summed E-state index contributed by atoms with van der Waals surface area (Å²) < 4.78 is -0.782. The maximum absolute atomic E-state index is 14.9. The summed E-state index contributed by atoms with van der Waals surface area (Å²) in [5.41, 5.74) is 2.69. The Balaban J connectivity index is 1.42.